The van der Waals surface area contributed by atoms with Gasteiger partial charge in [-0.15, -0.1) is 23.7 Å². The number of carbonyl (C=O) groups is 1. The van der Waals surface area contributed by atoms with Crippen molar-refractivity contribution < 1.29 is 4.79 Å². The van der Waals surface area contributed by atoms with Crippen LogP contribution in [0, 0.1) is 6.92 Å². The number of carbonyl (C=O) groups excluding carboxylic acids is 1. The van der Waals surface area contributed by atoms with Crippen LogP contribution in [0.5, 0.6) is 0 Å². The van der Waals surface area contributed by atoms with E-state index < -0.39 is 0 Å². The van der Waals surface area contributed by atoms with E-state index in [0.717, 1.165) is 11.3 Å². The van der Waals surface area contributed by atoms with Crippen LogP contribution in [-0.4, -0.2) is 5.91 Å². The molecule has 1 aromatic carbocycles. The molecule has 1 heterocycles. The first kappa shape index (κ1) is 16.5. The van der Waals surface area contributed by atoms with Crippen molar-refractivity contribution in [3.8, 4) is 0 Å². The van der Waals surface area contributed by atoms with E-state index in [-0.39, 0.29) is 18.3 Å². The third kappa shape index (κ3) is 4.54. The normalized spacial score (nSPS) is 9.85. The molecule has 2 rings (SSSR count). The predicted octanol–water partition coefficient (Wildman–Crippen LogP) is 3.31. The molecule has 3 nitrogen and oxygen atoms in total. The zero-order valence-corrected chi connectivity index (χ0v) is 13.0. The number of amides is 1. The van der Waals surface area contributed by atoms with Crippen molar-refractivity contribution in [2.45, 2.75) is 26.3 Å². The molecule has 1 amide bonds. The van der Waals surface area contributed by atoms with E-state index in [2.05, 4.69) is 18.3 Å². The predicted molar refractivity (Wildman–Crippen MR) is 87.3 cm³/mol. The van der Waals surface area contributed by atoms with Gasteiger partial charge in [0.1, 0.15) is 0 Å². The Labute approximate surface area is 129 Å². The van der Waals surface area contributed by atoms with Crippen LogP contribution in [0.15, 0.2) is 35.7 Å². The first-order chi connectivity index (χ1) is 9.16. The fourth-order valence-corrected chi connectivity index (χ4v) is 2.71. The van der Waals surface area contributed by atoms with Crippen LogP contribution in [0.4, 0.5) is 5.69 Å². The van der Waals surface area contributed by atoms with E-state index in [1.165, 1.54) is 10.4 Å². The summed E-state index contributed by atoms with van der Waals surface area (Å²) in [4.78, 5) is 13.0. The number of benzene rings is 1. The van der Waals surface area contributed by atoms with Crippen molar-refractivity contribution in [2.24, 2.45) is 0 Å². The minimum atomic E-state index is 0. The molecule has 108 valence electrons. The highest BCUT2D eigenvalue weighted by Crippen LogP contribution is 2.15. The highest BCUT2D eigenvalue weighted by molar-refractivity contribution is 7.10. The van der Waals surface area contributed by atoms with Gasteiger partial charge in [0.2, 0.25) is 5.91 Å². The third-order valence-electron chi connectivity index (χ3n) is 3.09. The van der Waals surface area contributed by atoms with E-state index in [0.29, 0.717) is 19.4 Å². The molecule has 1 aromatic heterocycles. The van der Waals surface area contributed by atoms with E-state index >= 15 is 0 Å². The maximum atomic E-state index is 11.8. The van der Waals surface area contributed by atoms with Gasteiger partial charge in [0.25, 0.3) is 0 Å². The number of para-hydroxylation sites is 1. The molecule has 3 N–H and O–H groups in total. The molecular formula is C15H19ClN2OS. The van der Waals surface area contributed by atoms with Gasteiger partial charge < -0.3 is 11.1 Å². The van der Waals surface area contributed by atoms with Gasteiger partial charge in [-0.25, -0.2) is 0 Å². The molecule has 0 unspecified atom stereocenters. The maximum Gasteiger partial charge on any atom is 0.220 e. The van der Waals surface area contributed by atoms with E-state index in [1.54, 1.807) is 11.3 Å². The fraction of sp³-hybridized carbons (Fsp3) is 0.267. The Bertz CT molecular complexity index is 569. The number of hydrogen-bond acceptors (Lipinski definition) is 3. The molecule has 0 aliphatic rings. The molecule has 20 heavy (non-hydrogen) atoms. The summed E-state index contributed by atoms with van der Waals surface area (Å²) in [5, 5.41) is 4.99. The molecule has 0 radical (unpaired) electrons. The fourth-order valence-electron chi connectivity index (χ4n) is 1.86. The second-order valence-electron chi connectivity index (χ2n) is 4.50. The van der Waals surface area contributed by atoms with Gasteiger partial charge in [-0.1, -0.05) is 18.2 Å². The standard InChI is InChI=1S/C15H18N2OS.ClH/c1-11-8-9-19-14(11)10-17-15(18)7-6-12-4-2-3-5-13(12)16;/h2-5,8-9H,6-7,10,16H2,1H3,(H,17,18);1H. The Balaban J connectivity index is 0.00000200. The first-order valence-electron chi connectivity index (χ1n) is 6.30. The number of rotatable bonds is 5. The lowest BCUT2D eigenvalue weighted by Gasteiger charge is -2.06. The summed E-state index contributed by atoms with van der Waals surface area (Å²) in [6.07, 6.45) is 1.15. The molecule has 0 aliphatic heterocycles. The minimum Gasteiger partial charge on any atom is -0.399 e. The Morgan fingerprint density at radius 1 is 1.30 bits per heavy atom. The Hall–Kier alpha value is -1.52. The summed E-state index contributed by atoms with van der Waals surface area (Å²) < 4.78 is 0. The van der Waals surface area contributed by atoms with Crippen LogP contribution in [0.25, 0.3) is 0 Å². The Kier molecular flexibility index (Phi) is 6.55. The van der Waals surface area contributed by atoms with Crippen molar-refractivity contribution in [1.29, 1.82) is 0 Å². The lowest BCUT2D eigenvalue weighted by atomic mass is 10.1. The summed E-state index contributed by atoms with van der Waals surface area (Å²) in [5.41, 5.74) is 8.87. The van der Waals surface area contributed by atoms with E-state index in [4.69, 9.17) is 5.73 Å². The highest BCUT2D eigenvalue weighted by atomic mass is 35.5. The molecule has 0 aliphatic carbocycles. The number of aryl methyl sites for hydroxylation is 2. The second-order valence-corrected chi connectivity index (χ2v) is 5.50. The van der Waals surface area contributed by atoms with Gasteiger partial charge in [0, 0.05) is 17.0 Å². The molecule has 0 atom stereocenters. The number of nitrogens with two attached hydrogens (primary N) is 1. The number of hydrogen-bond donors (Lipinski definition) is 2. The lowest BCUT2D eigenvalue weighted by molar-refractivity contribution is -0.121. The zero-order valence-electron chi connectivity index (χ0n) is 11.4. The number of nitrogens with one attached hydrogen (secondary N) is 1. The summed E-state index contributed by atoms with van der Waals surface area (Å²) in [6.45, 7) is 2.68. The monoisotopic (exact) mass is 310 g/mol. The molecule has 0 spiro atoms. The van der Waals surface area contributed by atoms with Gasteiger partial charge in [-0.3, -0.25) is 4.79 Å². The second kappa shape index (κ2) is 7.92. The summed E-state index contributed by atoms with van der Waals surface area (Å²) in [6, 6.07) is 9.74. The summed E-state index contributed by atoms with van der Waals surface area (Å²) >= 11 is 1.67. The first-order valence-corrected chi connectivity index (χ1v) is 7.18. The van der Waals surface area contributed by atoms with Gasteiger partial charge >= 0.3 is 0 Å². The Morgan fingerprint density at radius 2 is 2.05 bits per heavy atom. The molecule has 0 bridgehead atoms. The summed E-state index contributed by atoms with van der Waals surface area (Å²) in [5.74, 6) is 0.0658. The average Bonchev–Trinajstić information content (AvgIpc) is 2.81. The van der Waals surface area contributed by atoms with Crippen LogP contribution in [0.3, 0.4) is 0 Å². The highest BCUT2D eigenvalue weighted by Gasteiger charge is 2.05. The number of halogens is 1. The number of anilines is 1. The van der Waals surface area contributed by atoms with Gasteiger partial charge in [-0.2, -0.15) is 0 Å². The number of nitrogen functional groups attached to an aromatic ring is 1. The topological polar surface area (TPSA) is 55.1 Å². The van der Waals surface area contributed by atoms with Crippen molar-refractivity contribution in [3.63, 3.8) is 0 Å². The number of thiophene rings is 1. The average molecular weight is 311 g/mol. The largest absolute Gasteiger partial charge is 0.399 e. The molecule has 5 heteroatoms. The van der Waals surface area contributed by atoms with Crippen molar-refractivity contribution in [2.75, 3.05) is 5.73 Å². The molecule has 0 fully saturated rings. The maximum absolute atomic E-state index is 11.8. The molecular weight excluding hydrogens is 292 g/mol. The minimum absolute atomic E-state index is 0. The van der Waals surface area contributed by atoms with Crippen LogP contribution in [-0.2, 0) is 17.8 Å². The third-order valence-corrected chi connectivity index (χ3v) is 4.11. The van der Waals surface area contributed by atoms with Crippen LogP contribution in [0.2, 0.25) is 0 Å². The van der Waals surface area contributed by atoms with E-state index in [9.17, 15) is 4.79 Å². The lowest BCUT2D eigenvalue weighted by Crippen LogP contribution is -2.22. The zero-order chi connectivity index (χ0) is 13.7. The SMILES string of the molecule is Cc1ccsc1CNC(=O)CCc1ccccc1N.Cl. The molecule has 0 saturated heterocycles. The van der Waals surface area contributed by atoms with Crippen molar-refractivity contribution in [1.82, 2.24) is 5.32 Å². The van der Waals surface area contributed by atoms with Gasteiger partial charge in [-0.05, 0) is 42.0 Å². The van der Waals surface area contributed by atoms with Crippen LogP contribution in [0.1, 0.15) is 22.4 Å². The van der Waals surface area contributed by atoms with Gasteiger partial charge in [0.15, 0.2) is 0 Å². The van der Waals surface area contributed by atoms with Crippen LogP contribution < -0.4 is 11.1 Å². The Morgan fingerprint density at radius 3 is 2.70 bits per heavy atom. The smallest absolute Gasteiger partial charge is 0.220 e. The van der Waals surface area contributed by atoms with Crippen molar-refractivity contribution >= 4 is 35.3 Å². The molecule has 2 aromatic rings. The molecule has 0 saturated carbocycles. The van der Waals surface area contributed by atoms with Crippen LogP contribution >= 0.6 is 23.7 Å². The quantitative estimate of drug-likeness (QED) is 0.832. The van der Waals surface area contributed by atoms with Gasteiger partial charge in [0.05, 0.1) is 6.54 Å². The van der Waals surface area contributed by atoms with Crippen molar-refractivity contribution in [3.05, 3.63) is 51.7 Å². The summed E-state index contributed by atoms with van der Waals surface area (Å²) in [7, 11) is 0. The van der Waals surface area contributed by atoms with E-state index in [1.807, 2.05) is 29.6 Å².